The minimum absolute atomic E-state index is 0.0469. The zero-order valence-electron chi connectivity index (χ0n) is 9.47. The van der Waals surface area contributed by atoms with Crippen molar-refractivity contribution in [2.24, 2.45) is 0 Å². The number of alkyl halides is 2. The highest BCUT2D eigenvalue weighted by atomic mass is 35.5. The van der Waals surface area contributed by atoms with Crippen LogP contribution in [0, 0.1) is 6.92 Å². The SMILES string of the molecule is CCOC(=O)Cc1ncc(C(F)F)c(Cl)c1C. The van der Waals surface area contributed by atoms with Crippen LogP contribution in [-0.4, -0.2) is 17.6 Å². The first-order chi connectivity index (χ1) is 7.97. The average Bonchev–Trinajstić information content (AvgIpc) is 2.25. The summed E-state index contributed by atoms with van der Waals surface area (Å²) in [6.07, 6.45) is -1.75. The van der Waals surface area contributed by atoms with Crippen LogP contribution < -0.4 is 0 Å². The molecule has 0 bridgehead atoms. The fourth-order valence-corrected chi connectivity index (χ4v) is 1.56. The minimum Gasteiger partial charge on any atom is -0.466 e. The van der Waals surface area contributed by atoms with Crippen molar-refractivity contribution >= 4 is 17.6 Å². The molecule has 0 aliphatic heterocycles. The van der Waals surface area contributed by atoms with Crippen molar-refractivity contribution < 1.29 is 18.3 Å². The molecular weight excluding hydrogens is 252 g/mol. The third-order valence-corrected chi connectivity index (χ3v) is 2.73. The Morgan fingerprint density at radius 1 is 1.59 bits per heavy atom. The molecule has 0 aliphatic rings. The van der Waals surface area contributed by atoms with Crippen molar-refractivity contribution in [1.29, 1.82) is 0 Å². The van der Waals surface area contributed by atoms with Gasteiger partial charge in [-0.05, 0) is 19.4 Å². The maximum Gasteiger partial charge on any atom is 0.311 e. The first kappa shape index (κ1) is 13.8. The Morgan fingerprint density at radius 3 is 2.76 bits per heavy atom. The number of hydrogen-bond acceptors (Lipinski definition) is 3. The Balaban J connectivity index is 2.96. The van der Waals surface area contributed by atoms with Gasteiger partial charge in [-0.2, -0.15) is 0 Å². The lowest BCUT2D eigenvalue weighted by atomic mass is 10.1. The Kier molecular flexibility index (Phi) is 4.81. The zero-order valence-corrected chi connectivity index (χ0v) is 10.2. The lowest BCUT2D eigenvalue weighted by Crippen LogP contribution is -2.10. The molecule has 1 aromatic rings. The summed E-state index contributed by atoms with van der Waals surface area (Å²) in [6.45, 7) is 3.50. The topological polar surface area (TPSA) is 39.2 Å². The van der Waals surface area contributed by atoms with Gasteiger partial charge in [-0.3, -0.25) is 9.78 Å². The van der Waals surface area contributed by atoms with Gasteiger partial charge in [0.25, 0.3) is 6.43 Å². The van der Waals surface area contributed by atoms with E-state index in [2.05, 4.69) is 4.98 Å². The number of ether oxygens (including phenoxy) is 1. The Morgan fingerprint density at radius 2 is 2.24 bits per heavy atom. The summed E-state index contributed by atoms with van der Waals surface area (Å²) < 4.78 is 29.8. The molecule has 0 amide bonds. The molecule has 0 fully saturated rings. The maximum absolute atomic E-state index is 12.5. The van der Waals surface area contributed by atoms with E-state index >= 15 is 0 Å². The lowest BCUT2D eigenvalue weighted by molar-refractivity contribution is -0.142. The van der Waals surface area contributed by atoms with Crippen LogP contribution >= 0.6 is 11.6 Å². The van der Waals surface area contributed by atoms with Crippen molar-refractivity contribution in [1.82, 2.24) is 4.98 Å². The molecule has 0 saturated carbocycles. The van der Waals surface area contributed by atoms with Gasteiger partial charge in [0, 0.05) is 6.20 Å². The standard InChI is InChI=1S/C11H12ClF2NO2/c1-3-17-9(16)4-8-6(2)10(12)7(5-15-8)11(13)14/h5,11H,3-4H2,1-2H3. The van der Waals surface area contributed by atoms with Gasteiger partial charge in [0.2, 0.25) is 0 Å². The highest BCUT2D eigenvalue weighted by molar-refractivity contribution is 6.32. The summed E-state index contributed by atoms with van der Waals surface area (Å²) in [6, 6.07) is 0. The fourth-order valence-electron chi connectivity index (χ4n) is 1.32. The van der Waals surface area contributed by atoms with Crippen molar-refractivity contribution in [3.8, 4) is 0 Å². The van der Waals surface area contributed by atoms with Crippen molar-refractivity contribution in [2.75, 3.05) is 6.61 Å². The highest BCUT2D eigenvalue weighted by Gasteiger charge is 2.18. The molecule has 0 unspecified atom stereocenters. The third-order valence-electron chi connectivity index (χ3n) is 2.23. The number of pyridine rings is 1. The van der Waals surface area contributed by atoms with E-state index in [0.717, 1.165) is 6.20 Å². The van der Waals surface area contributed by atoms with Crippen LogP contribution in [0.2, 0.25) is 5.02 Å². The smallest absolute Gasteiger partial charge is 0.311 e. The first-order valence-corrected chi connectivity index (χ1v) is 5.42. The molecule has 1 heterocycles. The lowest BCUT2D eigenvalue weighted by Gasteiger charge is -2.10. The van der Waals surface area contributed by atoms with Gasteiger partial charge >= 0.3 is 5.97 Å². The average molecular weight is 264 g/mol. The van der Waals surface area contributed by atoms with Crippen molar-refractivity contribution in [2.45, 2.75) is 26.7 Å². The van der Waals surface area contributed by atoms with E-state index in [1.165, 1.54) is 0 Å². The van der Waals surface area contributed by atoms with Crippen molar-refractivity contribution in [3.63, 3.8) is 0 Å². The predicted molar refractivity (Wildman–Crippen MR) is 59.3 cm³/mol. The Labute approximate surface area is 103 Å². The molecule has 1 aromatic heterocycles. The van der Waals surface area contributed by atoms with Crippen LogP contribution in [0.5, 0.6) is 0 Å². The summed E-state index contributed by atoms with van der Waals surface area (Å²) in [5.41, 5.74) is 0.423. The van der Waals surface area contributed by atoms with Crippen LogP contribution in [0.15, 0.2) is 6.20 Å². The molecule has 94 valence electrons. The van der Waals surface area contributed by atoms with Gasteiger partial charge in [-0.1, -0.05) is 11.6 Å². The quantitative estimate of drug-likeness (QED) is 0.784. The molecular formula is C11H12ClF2NO2. The molecule has 0 spiro atoms. The third kappa shape index (κ3) is 3.36. The molecule has 1 rings (SSSR count). The minimum atomic E-state index is -2.68. The van der Waals surface area contributed by atoms with E-state index in [1.807, 2.05) is 0 Å². The van der Waals surface area contributed by atoms with Crippen LogP contribution in [0.3, 0.4) is 0 Å². The highest BCUT2D eigenvalue weighted by Crippen LogP contribution is 2.30. The number of esters is 1. The molecule has 0 aromatic carbocycles. The monoisotopic (exact) mass is 263 g/mol. The molecule has 0 aliphatic carbocycles. The van der Waals surface area contributed by atoms with Gasteiger partial charge in [-0.25, -0.2) is 8.78 Å². The zero-order chi connectivity index (χ0) is 13.0. The normalized spacial score (nSPS) is 10.7. The molecule has 17 heavy (non-hydrogen) atoms. The second kappa shape index (κ2) is 5.91. The predicted octanol–water partition coefficient (Wildman–Crippen LogP) is 3.09. The molecule has 0 N–H and O–H groups in total. The van der Waals surface area contributed by atoms with Gasteiger partial charge in [0.15, 0.2) is 0 Å². The van der Waals surface area contributed by atoms with Crippen LogP contribution in [0.4, 0.5) is 8.78 Å². The van der Waals surface area contributed by atoms with E-state index in [1.54, 1.807) is 13.8 Å². The van der Waals surface area contributed by atoms with Gasteiger partial charge in [0.05, 0.1) is 29.3 Å². The Bertz CT molecular complexity index is 424. The fraction of sp³-hybridized carbons (Fsp3) is 0.455. The summed E-state index contributed by atoms with van der Waals surface area (Å²) in [5.74, 6) is -0.455. The first-order valence-electron chi connectivity index (χ1n) is 5.05. The van der Waals surface area contributed by atoms with Gasteiger partial charge < -0.3 is 4.74 Å². The molecule has 0 radical (unpaired) electrons. The van der Waals surface area contributed by atoms with E-state index in [4.69, 9.17) is 16.3 Å². The number of carbonyl (C=O) groups is 1. The number of rotatable bonds is 4. The van der Waals surface area contributed by atoms with Crippen molar-refractivity contribution in [3.05, 3.63) is 28.0 Å². The molecule has 6 heteroatoms. The number of aromatic nitrogens is 1. The van der Waals surface area contributed by atoms with E-state index in [-0.39, 0.29) is 23.6 Å². The maximum atomic E-state index is 12.5. The summed E-state index contributed by atoms with van der Waals surface area (Å²) in [4.78, 5) is 15.1. The summed E-state index contributed by atoms with van der Waals surface area (Å²) in [7, 11) is 0. The van der Waals surface area contributed by atoms with Gasteiger partial charge in [0.1, 0.15) is 0 Å². The van der Waals surface area contributed by atoms with E-state index < -0.39 is 12.4 Å². The molecule has 3 nitrogen and oxygen atoms in total. The number of halogens is 3. The van der Waals surface area contributed by atoms with Crippen LogP contribution in [-0.2, 0) is 16.0 Å². The van der Waals surface area contributed by atoms with Crippen LogP contribution in [0.25, 0.3) is 0 Å². The second-order valence-corrected chi connectivity index (χ2v) is 3.76. The molecule has 0 saturated heterocycles. The van der Waals surface area contributed by atoms with Gasteiger partial charge in [-0.15, -0.1) is 0 Å². The summed E-state index contributed by atoms with van der Waals surface area (Å²) in [5, 5.41) is -0.0469. The number of hydrogen-bond donors (Lipinski definition) is 0. The van der Waals surface area contributed by atoms with E-state index in [0.29, 0.717) is 11.3 Å². The summed E-state index contributed by atoms with van der Waals surface area (Å²) >= 11 is 5.78. The number of nitrogens with zero attached hydrogens (tertiary/aromatic N) is 1. The second-order valence-electron chi connectivity index (χ2n) is 3.38. The largest absolute Gasteiger partial charge is 0.466 e. The molecule has 0 atom stereocenters. The Hall–Kier alpha value is -1.23. The van der Waals surface area contributed by atoms with E-state index in [9.17, 15) is 13.6 Å². The van der Waals surface area contributed by atoms with Crippen LogP contribution in [0.1, 0.15) is 30.2 Å². The number of carbonyl (C=O) groups excluding carboxylic acids is 1.